The molecule has 3 rings (SSSR count). The number of rotatable bonds is 4. The highest BCUT2D eigenvalue weighted by atomic mass is 16.7. The fourth-order valence-electron chi connectivity index (χ4n) is 2.57. The minimum Gasteiger partial charge on any atom is -0.369 e. The maximum absolute atomic E-state index is 5.91. The second-order valence-electron chi connectivity index (χ2n) is 5.77. The summed E-state index contributed by atoms with van der Waals surface area (Å²) in [6, 6.07) is 16.5. The van der Waals surface area contributed by atoms with Crippen molar-refractivity contribution in [3.63, 3.8) is 0 Å². The first-order valence-electron chi connectivity index (χ1n) is 7.68. The van der Waals surface area contributed by atoms with Gasteiger partial charge in [-0.05, 0) is 25.0 Å². The van der Waals surface area contributed by atoms with Crippen LogP contribution in [0.5, 0.6) is 0 Å². The van der Waals surface area contributed by atoms with Gasteiger partial charge >= 0.3 is 0 Å². The van der Waals surface area contributed by atoms with Gasteiger partial charge in [-0.25, -0.2) is 0 Å². The van der Waals surface area contributed by atoms with Crippen LogP contribution in [0.3, 0.4) is 0 Å². The third-order valence-corrected chi connectivity index (χ3v) is 3.92. The van der Waals surface area contributed by atoms with Gasteiger partial charge in [-0.15, -0.1) is 0 Å². The van der Waals surface area contributed by atoms with Crippen LogP contribution < -0.4 is 0 Å². The fraction of sp³-hybridized carbons (Fsp3) is 0.368. The van der Waals surface area contributed by atoms with Gasteiger partial charge in [-0.3, -0.25) is 0 Å². The van der Waals surface area contributed by atoms with E-state index in [-0.39, 0.29) is 12.4 Å². The lowest BCUT2D eigenvalue weighted by Gasteiger charge is -2.30. The van der Waals surface area contributed by atoms with Crippen molar-refractivity contribution in [2.24, 2.45) is 0 Å². The van der Waals surface area contributed by atoms with Crippen LogP contribution in [0, 0.1) is 13.8 Å². The Bertz CT molecular complexity index is 616. The van der Waals surface area contributed by atoms with Gasteiger partial charge in [0.15, 0.2) is 6.29 Å². The number of aryl methyl sites for hydroxylation is 2. The first-order chi connectivity index (χ1) is 10.7. The summed E-state index contributed by atoms with van der Waals surface area (Å²) in [5.74, 6) is 0. The van der Waals surface area contributed by atoms with Crippen LogP contribution in [0.25, 0.3) is 0 Å². The zero-order chi connectivity index (χ0) is 15.4. The first-order valence-corrected chi connectivity index (χ1v) is 7.68. The smallest absolute Gasteiger partial charge is 0.184 e. The molecule has 0 aliphatic carbocycles. The highest BCUT2D eigenvalue weighted by Crippen LogP contribution is 2.25. The highest BCUT2D eigenvalue weighted by Gasteiger charge is 2.24. The first kappa shape index (κ1) is 15.2. The van der Waals surface area contributed by atoms with Crippen LogP contribution in [-0.2, 0) is 20.8 Å². The standard InChI is InChI=1S/C19H22O3/c1-14-6-5-9-16(10-14)19-21-12-18(13-22-19)20-11-17-8-4-3-7-15(17)2/h3-10,18-19H,11-13H2,1-2H3/t18-,19+. The molecule has 0 amide bonds. The Labute approximate surface area is 131 Å². The summed E-state index contributed by atoms with van der Waals surface area (Å²) in [5.41, 5.74) is 4.74. The van der Waals surface area contributed by atoms with Crippen molar-refractivity contribution in [3.8, 4) is 0 Å². The molecule has 1 aliphatic heterocycles. The molecule has 0 bridgehead atoms. The average molecular weight is 298 g/mol. The van der Waals surface area contributed by atoms with Gasteiger partial charge in [0.2, 0.25) is 0 Å². The topological polar surface area (TPSA) is 27.7 Å². The van der Waals surface area contributed by atoms with E-state index in [1.54, 1.807) is 0 Å². The maximum Gasteiger partial charge on any atom is 0.184 e. The molecule has 0 spiro atoms. The molecule has 0 unspecified atom stereocenters. The molecule has 22 heavy (non-hydrogen) atoms. The van der Waals surface area contributed by atoms with E-state index in [9.17, 15) is 0 Å². The van der Waals surface area contributed by atoms with Crippen molar-refractivity contribution in [2.75, 3.05) is 13.2 Å². The Morgan fingerprint density at radius 1 is 1.00 bits per heavy atom. The van der Waals surface area contributed by atoms with Gasteiger partial charge in [-0.1, -0.05) is 54.1 Å². The van der Waals surface area contributed by atoms with E-state index < -0.39 is 0 Å². The molecule has 1 fully saturated rings. The minimum absolute atomic E-state index is 0.0133. The van der Waals surface area contributed by atoms with Crippen molar-refractivity contribution >= 4 is 0 Å². The van der Waals surface area contributed by atoms with Gasteiger partial charge in [0.25, 0.3) is 0 Å². The van der Waals surface area contributed by atoms with Gasteiger partial charge in [-0.2, -0.15) is 0 Å². The summed E-state index contributed by atoms with van der Waals surface area (Å²) >= 11 is 0. The molecule has 3 heteroatoms. The highest BCUT2D eigenvalue weighted by molar-refractivity contribution is 5.25. The lowest BCUT2D eigenvalue weighted by Crippen LogP contribution is -2.33. The van der Waals surface area contributed by atoms with Crippen LogP contribution >= 0.6 is 0 Å². The van der Waals surface area contributed by atoms with Crippen molar-refractivity contribution in [1.82, 2.24) is 0 Å². The second-order valence-corrected chi connectivity index (χ2v) is 5.77. The second kappa shape index (κ2) is 7.05. The van der Waals surface area contributed by atoms with Crippen molar-refractivity contribution in [2.45, 2.75) is 32.8 Å². The van der Waals surface area contributed by atoms with Crippen LogP contribution in [0.1, 0.15) is 28.5 Å². The summed E-state index contributed by atoms with van der Waals surface area (Å²) in [5, 5.41) is 0. The lowest BCUT2D eigenvalue weighted by atomic mass is 10.1. The van der Waals surface area contributed by atoms with Crippen molar-refractivity contribution < 1.29 is 14.2 Å². The number of hydrogen-bond donors (Lipinski definition) is 0. The molecular weight excluding hydrogens is 276 g/mol. The molecule has 0 radical (unpaired) electrons. The summed E-state index contributed by atoms with van der Waals surface area (Å²) in [6.45, 7) is 5.88. The summed E-state index contributed by atoms with van der Waals surface area (Å²) in [4.78, 5) is 0. The number of benzene rings is 2. The molecular formula is C19H22O3. The Balaban J connectivity index is 1.51. The summed E-state index contributed by atoms with van der Waals surface area (Å²) < 4.78 is 17.5. The van der Waals surface area contributed by atoms with Gasteiger partial charge in [0, 0.05) is 5.56 Å². The molecule has 2 aromatic carbocycles. The molecule has 1 heterocycles. The maximum atomic E-state index is 5.91. The summed E-state index contributed by atoms with van der Waals surface area (Å²) in [7, 11) is 0. The van der Waals surface area contributed by atoms with Crippen LogP contribution in [0.15, 0.2) is 48.5 Å². The Hall–Kier alpha value is -1.68. The van der Waals surface area contributed by atoms with E-state index in [0.29, 0.717) is 19.8 Å². The molecule has 3 nitrogen and oxygen atoms in total. The summed E-state index contributed by atoms with van der Waals surface area (Å²) in [6.07, 6.45) is -0.293. The Kier molecular flexibility index (Phi) is 4.88. The average Bonchev–Trinajstić information content (AvgIpc) is 2.55. The van der Waals surface area contributed by atoms with E-state index in [4.69, 9.17) is 14.2 Å². The molecule has 0 saturated carbocycles. The van der Waals surface area contributed by atoms with Crippen molar-refractivity contribution in [1.29, 1.82) is 0 Å². The Morgan fingerprint density at radius 2 is 1.77 bits per heavy atom. The molecule has 0 aromatic heterocycles. The molecule has 0 atom stereocenters. The normalized spacial score (nSPS) is 21.7. The molecule has 116 valence electrons. The zero-order valence-electron chi connectivity index (χ0n) is 13.1. The van der Waals surface area contributed by atoms with Gasteiger partial charge in [0.05, 0.1) is 19.8 Å². The monoisotopic (exact) mass is 298 g/mol. The van der Waals surface area contributed by atoms with E-state index in [1.807, 2.05) is 24.3 Å². The van der Waals surface area contributed by atoms with E-state index >= 15 is 0 Å². The van der Waals surface area contributed by atoms with E-state index in [0.717, 1.165) is 5.56 Å². The molecule has 0 N–H and O–H groups in total. The molecule has 2 aromatic rings. The van der Waals surface area contributed by atoms with Crippen LogP contribution in [0.4, 0.5) is 0 Å². The number of hydrogen-bond acceptors (Lipinski definition) is 3. The van der Waals surface area contributed by atoms with E-state index in [1.165, 1.54) is 16.7 Å². The largest absolute Gasteiger partial charge is 0.369 e. The third kappa shape index (κ3) is 3.74. The zero-order valence-corrected chi connectivity index (χ0v) is 13.1. The van der Waals surface area contributed by atoms with Crippen molar-refractivity contribution in [3.05, 3.63) is 70.8 Å². The predicted octanol–water partition coefficient (Wildman–Crippen LogP) is 3.93. The third-order valence-electron chi connectivity index (χ3n) is 3.92. The van der Waals surface area contributed by atoms with Crippen LogP contribution in [-0.4, -0.2) is 19.3 Å². The van der Waals surface area contributed by atoms with Gasteiger partial charge in [0.1, 0.15) is 6.10 Å². The number of ether oxygens (including phenoxy) is 3. The molecule has 1 aliphatic rings. The van der Waals surface area contributed by atoms with Crippen LogP contribution in [0.2, 0.25) is 0 Å². The minimum atomic E-state index is -0.279. The van der Waals surface area contributed by atoms with E-state index in [2.05, 4.69) is 38.1 Å². The quantitative estimate of drug-likeness (QED) is 0.856. The Morgan fingerprint density at radius 3 is 2.50 bits per heavy atom. The SMILES string of the molecule is Cc1cccc([C@H]2OC[C@@H](OCc3ccccc3C)CO2)c1. The predicted molar refractivity (Wildman–Crippen MR) is 85.6 cm³/mol. The lowest BCUT2D eigenvalue weighted by molar-refractivity contribution is -0.232. The fourth-order valence-corrected chi connectivity index (χ4v) is 2.57. The van der Waals surface area contributed by atoms with Gasteiger partial charge < -0.3 is 14.2 Å². The molecule has 1 saturated heterocycles.